The number of hydrogen-bond acceptors (Lipinski definition) is 2. The molecule has 0 aliphatic carbocycles. The van der Waals surface area contributed by atoms with E-state index in [2.05, 4.69) is 5.32 Å². The van der Waals surface area contributed by atoms with Gasteiger partial charge in [-0.05, 0) is 43.2 Å². The Labute approximate surface area is 125 Å². The molecule has 116 valence electrons. The highest BCUT2D eigenvalue weighted by Gasteiger charge is 2.30. The van der Waals surface area contributed by atoms with E-state index in [0.29, 0.717) is 5.75 Å². The number of halogens is 3. The Balaban J connectivity index is 2.13. The monoisotopic (exact) mass is 309 g/mol. The fourth-order valence-electron chi connectivity index (χ4n) is 1.97. The molecule has 0 aliphatic rings. The van der Waals surface area contributed by atoms with Crippen LogP contribution < -0.4 is 10.1 Å². The number of anilines is 1. The summed E-state index contributed by atoms with van der Waals surface area (Å²) in [5.74, 6) is 0.395. The molecule has 0 fully saturated rings. The van der Waals surface area contributed by atoms with Gasteiger partial charge in [0, 0.05) is 5.69 Å². The second-order valence-corrected chi connectivity index (χ2v) is 4.81. The van der Waals surface area contributed by atoms with E-state index >= 15 is 0 Å². The zero-order valence-corrected chi connectivity index (χ0v) is 12.0. The molecule has 0 aliphatic heterocycles. The van der Waals surface area contributed by atoms with Crippen LogP contribution >= 0.6 is 0 Å². The summed E-state index contributed by atoms with van der Waals surface area (Å²) < 4.78 is 43.0. The van der Waals surface area contributed by atoms with Gasteiger partial charge in [-0.15, -0.1) is 0 Å². The van der Waals surface area contributed by atoms with E-state index < -0.39 is 17.8 Å². The minimum Gasteiger partial charge on any atom is -0.410 e. The molecule has 0 bridgehead atoms. The first-order valence-electron chi connectivity index (χ1n) is 6.49. The molecule has 2 rings (SSSR count). The van der Waals surface area contributed by atoms with Crippen molar-refractivity contribution in [1.82, 2.24) is 0 Å². The first-order chi connectivity index (χ1) is 10.3. The van der Waals surface area contributed by atoms with Gasteiger partial charge >= 0.3 is 12.3 Å². The molecule has 2 aromatic rings. The Morgan fingerprint density at radius 2 is 1.64 bits per heavy atom. The van der Waals surface area contributed by atoms with Gasteiger partial charge in [0.1, 0.15) is 5.75 Å². The molecule has 22 heavy (non-hydrogen) atoms. The summed E-state index contributed by atoms with van der Waals surface area (Å²) in [5, 5.41) is 2.30. The standard InChI is InChI=1S/C16H14F3NO2/c1-10-5-3-6-11(2)14(10)22-15(21)20-13-8-4-7-12(9-13)16(17,18)19/h3-9H,1-2H3,(H,20,21). The number of carbonyl (C=O) groups excluding carboxylic acids is 1. The molecule has 0 unspecified atom stereocenters. The lowest BCUT2D eigenvalue weighted by Crippen LogP contribution is -2.18. The quantitative estimate of drug-likeness (QED) is 0.854. The number of benzene rings is 2. The van der Waals surface area contributed by atoms with Crippen LogP contribution in [0.5, 0.6) is 5.75 Å². The summed E-state index contributed by atoms with van der Waals surface area (Å²) in [4.78, 5) is 11.8. The van der Waals surface area contributed by atoms with Gasteiger partial charge in [-0.25, -0.2) is 4.79 Å². The molecular weight excluding hydrogens is 295 g/mol. The number of rotatable bonds is 2. The Hall–Kier alpha value is -2.50. The molecule has 6 heteroatoms. The van der Waals surface area contributed by atoms with Crippen LogP contribution in [0.2, 0.25) is 0 Å². The molecule has 0 radical (unpaired) electrons. The van der Waals surface area contributed by atoms with Gasteiger partial charge in [-0.2, -0.15) is 13.2 Å². The number of ether oxygens (including phenoxy) is 1. The van der Waals surface area contributed by atoms with Gasteiger partial charge in [-0.1, -0.05) is 24.3 Å². The molecule has 3 nitrogen and oxygen atoms in total. The highest BCUT2D eigenvalue weighted by molar-refractivity contribution is 5.86. The highest BCUT2D eigenvalue weighted by Crippen LogP contribution is 2.30. The van der Waals surface area contributed by atoms with Crippen molar-refractivity contribution in [3.8, 4) is 5.75 Å². The fourth-order valence-corrected chi connectivity index (χ4v) is 1.97. The fraction of sp³-hybridized carbons (Fsp3) is 0.188. The van der Waals surface area contributed by atoms with Crippen molar-refractivity contribution in [2.45, 2.75) is 20.0 Å². The SMILES string of the molecule is Cc1cccc(C)c1OC(=O)Nc1cccc(C(F)(F)F)c1. The van der Waals surface area contributed by atoms with Crippen LogP contribution in [-0.2, 0) is 6.18 Å². The van der Waals surface area contributed by atoms with Crippen LogP contribution in [0.4, 0.5) is 23.7 Å². The van der Waals surface area contributed by atoms with Crippen molar-refractivity contribution in [2.75, 3.05) is 5.32 Å². The molecule has 1 N–H and O–H groups in total. The van der Waals surface area contributed by atoms with Gasteiger partial charge in [0.25, 0.3) is 0 Å². The Kier molecular flexibility index (Phi) is 4.40. The second-order valence-electron chi connectivity index (χ2n) is 4.81. The minimum atomic E-state index is -4.46. The van der Waals surface area contributed by atoms with Gasteiger partial charge < -0.3 is 4.74 Å². The molecule has 0 saturated heterocycles. The number of aryl methyl sites for hydroxylation is 2. The zero-order valence-electron chi connectivity index (χ0n) is 12.0. The molecule has 0 saturated carbocycles. The molecule has 0 heterocycles. The van der Waals surface area contributed by atoms with E-state index in [1.807, 2.05) is 6.07 Å². The third kappa shape index (κ3) is 3.78. The average molecular weight is 309 g/mol. The Morgan fingerprint density at radius 3 is 2.23 bits per heavy atom. The molecule has 0 aromatic heterocycles. The van der Waals surface area contributed by atoms with Gasteiger partial charge in [-0.3, -0.25) is 5.32 Å². The number of carbonyl (C=O) groups is 1. The third-order valence-electron chi connectivity index (χ3n) is 3.04. The maximum Gasteiger partial charge on any atom is 0.417 e. The van der Waals surface area contributed by atoms with Gasteiger partial charge in [0.15, 0.2) is 0 Å². The lowest BCUT2D eigenvalue weighted by atomic mass is 10.1. The van der Waals surface area contributed by atoms with E-state index in [1.165, 1.54) is 12.1 Å². The summed E-state index contributed by atoms with van der Waals surface area (Å²) in [5.41, 5.74) is 0.710. The van der Waals surface area contributed by atoms with Crippen molar-refractivity contribution in [1.29, 1.82) is 0 Å². The lowest BCUT2D eigenvalue weighted by Gasteiger charge is -2.12. The number of hydrogen-bond donors (Lipinski definition) is 1. The topological polar surface area (TPSA) is 38.3 Å². The van der Waals surface area contributed by atoms with Crippen LogP contribution in [0.25, 0.3) is 0 Å². The summed E-state index contributed by atoms with van der Waals surface area (Å²) in [7, 11) is 0. The van der Waals surface area contributed by atoms with E-state index in [4.69, 9.17) is 4.74 Å². The number of amides is 1. The molecular formula is C16H14F3NO2. The smallest absolute Gasteiger partial charge is 0.410 e. The van der Waals surface area contributed by atoms with Gasteiger partial charge in [0.05, 0.1) is 5.56 Å². The first kappa shape index (κ1) is 15.9. The summed E-state index contributed by atoms with van der Waals surface area (Å²) in [6.45, 7) is 3.56. The van der Waals surface area contributed by atoms with Crippen molar-refractivity contribution >= 4 is 11.8 Å². The Morgan fingerprint density at radius 1 is 1.05 bits per heavy atom. The first-order valence-corrected chi connectivity index (χ1v) is 6.49. The van der Waals surface area contributed by atoms with Crippen molar-refractivity contribution in [3.63, 3.8) is 0 Å². The average Bonchev–Trinajstić information content (AvgIpc) is 2.42. The van der Waals surface area contributed by atoms with Crippen LogP contribution in [0.1, 0.15) is 16.7 Å². The predicted octanol–water partition coefficient (Wildman–Crippen LogP) is 4.93. The normalized spacial score (nSPS) is 11.1. The summed E-state index contributed by atoms with van der Waals surface area (Å²) in [6.07, 6.45) is -5.30. The maximum atomic E-state index is 12.6. The summed E-state index contributed by atoms with van der Waals surface area (Å²) in [6, 6.07) is 9.74. The molecule has 0 atom stereocenters. The van der Waals surface area contributed by atoms with E-state index in [9.17, 15) is 18.0 Å². The molecule has 0 spiro atoms. The minimum absolute atomic E-state index is 0.0195. The van der Waals surface area contributed by atoms with Crippen LogP contribution in [-0.4, -0.2) is 6.09 Å². The van der Waals surface area contributed by atoms with Crippen LogP contribution in [0.15, 0.2) is 42.5 Å². The van der Waals surface area contributed by atoms with Gasteiger partial charge in [0.2, 0.25) is 0 Å². The Bertz CT molecular complexity index is 676. The zero-order chi connectivity index (χ0) is 16.3. The number of para-hydroxylation sites is 1. The summed E-state index contributed by atoms with van der Waals surface area (Å²) >= 11 is 0. The predicted molar refractivity (Wildman–Crippen MR) is 77.0 cm³/mol. The maximum absolute atomic E-state index is 12.6. The number of nitrogens with one attached hydrogen (secondary N) is 1. The third-order valence-corrected chi connectivity index (χ3v) is 3.04. The van der Waals surface area contributed by atoms with Crippen LogP contribution in [0.3, 0.4) is 0 Å². The van der Waals surface area contributed by atoms with E-state index in [1.54, 1.807) is 26.0 Å². The molecule has 2 aromatic carbocycles. The second kappa shape index (κ2) is 6.09. The van der Waals surface area contributed by atoms with Crippen LogP contribution in [0, 0.1) is 13.8 Å². The highest BCUT2D eigenvalue weighted by atomic mass is 19.4. The largest absolute Gasteiger partial charge is 0.417 e. The van der Waals surface area contributed by atoms with E-state index in [-0.39, 0.29) is 5.69 Å². The van der Waals surface area contributed by atoms with Crippen molar-refractivity contribution < 1.29 is 22.7 Å². The van der Waals surface area contributed by atoms with Crippen molar-refractivity contribution in [3.05, 3.63) is 59.2 Å². The van der Waals surface area contributed by atoms with Crippen molar-refractivity contribution in [2.24, 2.45) is 0 Å². The van der Waals surface area contributed by atoms with E-state index in [0.717, 1.165) is 23.3 Å². The number of alkyl halides is 3. The molecule has 1 amide bonds. The lowest BCUT2D eigenvalue weighted by molar-refractivity contribution is -0.137.